The topological polar surface area (TPSA) is 55.1 Å². The van der Waals surface area contributed by atoms with Crippen molar-refractivity contribution in [2.45, 2.75) is 19.9 Å². The molecule has 1 aromatic carbocycles. The van der Waals surface area contributed by atoms with Crippen LogP contribution in [0.4, 0.5) is 14.5 Å². The van der Waals surface area contributed by atoms with E-state index in [4.69, 9.17) is 5.73 Å². The van der Waals surface area contributed by atoms with E-state index in [1.807, 2.05) is 0 Å². The summed E-state index contributed by atoms with van der Waals surface area (Å²) in [6.07, 6.45) is 0. The number of anilines is 1. The molecule has 1 atom stereocenters. The highest BCUT2D eigenvalue weighted by Gasteiger charge is 2.18. The highest BCUT2D eigenvalue weighted by Crippen LogP contribution is 2.15. The summed E-state index contributed by atoms with van der Waals surface area (Å²) in [4.78, 5) is 11.5. The van der Waals surface area contributed by atoms with Gasteiger partial charge in [0.05, 0.1) is 11.7 Å². The van der Waals surface area contributed by atoms with Crippen LogP contribution in [0.2, 0.25) is 0 Å². The van der Waals surface area contributed by atoms with E-state index in [9.17, 15) is 13.6 Å². The first-order chi connectivity index (χ1) is 7.41. The van der Waals surface area contributed by atoms with Gasteiger partial charge < -0.3 is 11.1 Å². The van der Waals surface area contributed by atoms with Gasteiger partial charge in [-0.15, -0.1) is 0 Å². The minimum Gasteiger partial charge on any atom is -0.322 e. The second kappa shape index (κ2) is 5.03. The molecule has 16 heavy (non-hydrogen) atoms. The largest absolute Gasteiger partial charge is 0.322 e. The summed E-state index contributed by atoms with van der Waals surface area (Å²) in [7, 11) is 0. The van der Waals surface area contributed by atoms with Crippen molar-refractivity contribution in [2.24, 2.45) is 11.7 Å². The quantitative estimate of drug-likeness (QED) is 0.830. The first-order valence-electron chi connectivity index (χ1n) is 4.93. The maximum absolute atomic E-state index is 13.2. The van der Waals surface area contributed by atoms with Gasteiger partial charge in [0.1, 0.15) is 11.6 Å². The second-order valence-corrected chi connectivity index (χ2v) is 3.88. The Hall–Kier alpha value is -1.49. The van der Waals surface area contributed by atoms with E-state index in [0.717, 1.165) is 12.1 Å². The van der Waals surface area contributed by atoms with Crippen LogP contribution in [0.3, 0.4) is 0 Å². The lowest BCUT2D eigenvalue weighted by atomic mass is 10.0. The van der Waals surface area contributed by atoms with Gasteiger partial charge in [-0.3, -0.25) is 4.79 Å². The molecular weight excluding hydrogens is 214 g/mol. The van der Waals surface area contributed by atoms with Crippen molar-refractivity contribution in [3.63, 3.8) is 0 Å². The van der Waals surface area contributed by atoms with Gasteiger partial charge in [-0.25, -0.2) is 8.78 Å². The van der Waals surface area contributed by atoms with Crippen LogP contribution in [0, 0.1) is 17.6 Å². The van der Waals surface area contributed by atoms with Gasteiger partial charge in [0, 0.05) is 6.07 Å². The van der Waals surface area contributed by atoms with Crippen molar-refractivity contribution >= 4 is 11.6 Å². The molecule has 1 rings (SSSR count). The van der Waals surface area contributed by atoms with Crippen LogP contribution in [-0.4, -0.2) is 11.9 Å². The van der Waals surface area contributed by atoms with E-state index in [-0.39, 0.29) is 11.6 Å². The molecule has 0 radical (unpaired) electrons. The molecule has 5 heteroatoms. The molecular formula is C11H14F2N2O. The third-order valence-corrected chi connectivity index (χ3v) is 2.21. The average Bonchev–Trinajstić information content (AvgIpc) is 2.20. The van der Waals surface area contributed by atoms with E-state index in [0.29, 0.717) is 6.07 Å². The molecule has 0 aliphatic heterocycles. The first kappa shape index (κ1) is 12.6. The van der Waals surface area contributed by atoms with Crippen molar-refractivity contribution in [1.29, 1.82) is 0 Å². The molecule has 0 aliphatic rings. The number of amides is 1. The Morgan fingerprint density at radius 2 is 2.00 bits per heavy atom. The smallest absolute Gasteiger partial charge is 0.241 e. The van der Waals surface area contributed by atoms with Gasteiger partial charge in [-0.1, -0.05) is 13.8 Å². The molecule has 0 saturated heterocycles. The number of carbonyl (C=O) groups is 1. The molecule has 0 aliphatic carbocycles. The number of hydrogen-bond acceptors (Lipinski definition) is 2. The molecule has 0 fully saturated rings. The van der Waals surface area contributed by atoms with Crippen LogP contribution in [0.1, 0.15) is 13.8 Å². The summed E-state index contributed by atoms with van der Waals surface area (Å²) >= 11 is 0. The van der Waals surface area contributed by atoms with E-state index in [1.54, 1.807) is 13.8 Å². The Morgan fingerprint density at radius 3 is 2.50 bits per heavy atom. The average molecular weight is 228 g/mol. The Bertz CT molecular complexity index is 394. The lowest BCUT2D eigenvalue weighted by molar-refractivity contribution is -0.118. The van der Waals surface area contributed by atoms with Crippen molar-refractivity contribution in [3.8, 4) is 0 Å². The number of hydrogen-bond donors (Lipinski definition) is 2. The van der Waals surface area contributed by atoms with Crippen LogP contribution in [0.5, 0.6) is 0 Å². The fourth-order valence-electron chi connectivity index (χ4n) is 1.11. The van der Waals surface area contributed by atoms with E-state index >= 15 is 0 Å². The zero-order chi connectivity index (χ0) is 12.3. The highest BCUT2D eigenvalue weighted by molar-refractivity contribution is 5.94. The number of carbonyl (C=O) groups excluding carboxylic acids is 1. The SMILES string of the molecule is CC(C)C(N)C(=O)Nc1ccc(F)cc1F. The summed E-state index contributed by atoms with van der Waals surface area (Å²) in [5.74, 6) is -2.04. The molecule has 1 amide bonds. The van der Waals surface area contributed by atoms with Gasteiger partial charge in [0.25, 0.3) is 0 Å². The highest BCUT2D eigenvalue weighted by atomic mass is 19.1. The van der Waals surface area contributed by atoms with Crippen molar-refractivity contribution in [3.05, 3.63) is 29.8 Å². The summed E-state index contributed by atoms with van der Waals surface area (Å²) in [5, 5.41) is 2.31. The van der Waals surface area contributed by atoms with E-state index in [2.05, 4.69) is 5.32 Å². The van der Waals surface area contributed by atoms with Crippen LogP contribution < -0.4 is 11.1 Å². The molecule has 3 N–H and O–H groups in total. The fourth-order valence-corrected chi connectivity index (χ4v) is 1.11. The van der Waals surface area contributed by atoms with Crippen LogP contribution in [0.25, 0.3) is 0 Å². The monoisotopic (exact) mass is 228 g/mol. The molecule has 0 bridgehead atoms. The molecule has 0 aromatic heterocycles. The maximum atomic E-state index is 13.2. The van der Waals surface area contributed by atoms with Crippen LogP contribution in [-0.2, 0) is 4.79 Å². The number of nitrogens with one attached hydrogen (secondary N) is 1. The summed E-state index contributed by atoms with van der Waals surface area (Å²) < 4.78 is 25.8. The van der Waals surface area contributed by atoms with E-state index < -0.39 is 23.6 Å². The molecule has 88 valence electrons. The van der Waals surface area contributed by atoms with E-state index in [1.165, 1.54) is 0 Å². The van der Waals surface area contributed by atoms with Gasteiger partial charge in [0.15, 0.2) is 0 Å². The standard InChI is InChI=1S/C11H14F2N2O/c1-6(2)10(14)11(16)15-9-4-3-7(12)5-8(9)13/h3-6,10H,14H2,1-2H3,(H,15,16). The predicted octanol–water partition coefficient (Wildman–Crippen LogP) is 1.89. The Kier molecular flexibility index (Phi) is 3.95. The maximum Gasteiger partial charge on any atom is 0.241 e. The number of rotatable bonds is 3. The molecule has 0 saturated carbocycles. The van der Waals surface area contributed by atoms with Gasteiger partial charge in [-0.2, -0.15) is 0 Å². The molecule has 1 unspecified atom stereocenters. The first-order valence-corrected chi connectivity index (χ1v) is 4.93. The minimum atomic E-state index is -0.815. The zero-order valence-electron chi connectivity index (χ0n) is 9.13. The number of benzene rings is 1. The summed E-state index contributed by atoms with van der Waals surface area (Å²) in [6, 6.07) is 2.22. The Morgan fingerprint density at radius 1 is 1.38 bits per heavy atom. The third-order valence-electron chi connectivity index (χ3n) is 2.21. The van der Waals surface area contributed by atoms with Gasteiger partial charge >= 0.3 is 0 Å². The lowest BCUT2D eigenvalue weighted by Gasteiger charge is -2.15. The van der Waals surface area contributed by atoms with Crippen LogP contribution >= 0.6 is 0 Å². The molecule has 0 spiro atoms. The van der Waals surface area contributed by atoms with Crippen molar-refractivity contribution in [1.82, 2.24) is 0 Å². The summed E-state index contributed by atoms with van der Waals surface area (Å²) in [6.45, 7) is 3.57. The minimum absolute atomic E-state index is 0.0523. The van der Waals surface area contributed by atoms with Crippen molar-refractivity contribution in [2.75, 3.05) is 5.32 Å². The predicted molar refractivity (Wildman–Crippen MR) is 57.8 cm³/mol. The van der Waals surface area contributed by atoms with Gasteiger partial charge in [-0.05, 0) is 18.1 Å². The number of halogens is 2. The molecule has 1 aromatic rings. The second-order valence-electron chi connectivity index (χ2n) is 3.88. The van der Waals surface area contributed by atoms with Crippen molar-refractivity contribution < 1.29 is 13.6 Å². The molecule has 0 heterocycles. The van der Waals surface area contributed by atoms with Gasteiger partial charge in [0.2, 0.25) is 5.91 Å². The normalized spacial score (nSPS) is 12.6. The molecule has 3 nitrogen and oxygen atoms in total. The number of nitrogens with two attached hydrogens (primary N) is 1. The zero-order valence-corrected chi connectivity index (χ0v) is 9.13. The lowest BCUT2D eigenvalue weighted by Crippen LogP contribution is -2.39. The van der Waals surface area contributed by atoms with Crippen LogP contribution in [0.15, 0.2) is 18.2 Å². The fraction of sp³-hybridized carbons (Fsp3) is 0.364. The summed E-state index contributed by atoms with van der Waals surface area (Å²) in [5.41, 5.74) is 5.51. The Labute approximate surface area is 92.6 Å². The Balaban J connectivity index is 2.77. The third kappa shape index (κ3) is 3.00.